The number of nitrogens with one attached hydrogen (secondary N) is 1. The number of amides is 1. The van der Waals surface area contributed by atoms with Gasteiger partial charge in [0.05, 0.1) is 17.1 Å². The van der Waals surface area contributed by atoms with Gasteiger partial charge in [-0.05, 0) is 30.0 Å². The molecule has 0 bridgehead atoms. The molecule has 0 aliphatic carbocycles. The number of pyridine rings is 1. The summed E-state index contributed by atoms with van der Waals surface area (Å²) in [5.41, 5.74) is 1.47. The molecule has 3 aromatic rings. The van der Waals surface area contributed by atoms with E-state index in [9.17, 15) is 4.79 Å². The highest BCUT2D eigenvalue weighted by atomic mass is 32.1. The highest BCUT2D eigenvalue weighted by Gasteiger charge is 2.26. The number of rotatable bonds is 2. The lowest BCUT2D eigenvalue weighted by Gasteiger charge is -2.19. The lowest BCUT2D eigenvalue weighted by atomic mass is 10.1. The van der Waals surface area contributed by atoms with Crippen LogP contribution in [0.15, 0.2) is 29.6 Å². The van der Waals surface area contributed by atoms with Crippen LogP contribution < -0.4 is 10.2 Å². The number of carbonyl (C=O) groups excluding carboxylic acids is 1. The maximum absolute atomic E-state index is 11.3. The van der Waals surface area contributed by atoms with Crippen molar-refractivity contribution in [2.45, 2.75) is 19.4 Å². The monoisotopic (exact) mass is 336 g/mol. The van der Waals surface area contributed by atoms with E-state index in [1.165, 1.54) is 4.70 Å². The van der Waals surface area contributed by atoms with Gasteiger partial charge in [0.25, 0.3) is 0 Å². The lowest BCUT2D eigenvalue weighted by Crippen LogP contribution is -2.35. The second kappa shape index (κ2) is 5.77. The van der Waals surface area contributed by atoms with Gasteiger partial charge in [0.15, 0.2) is 0 Å². The smallest absolute Gasteiger partial charge is 0.217 e. The van der Waals surface area contributed by atoms with E-state index in [2.05, 4.69) is 27.7 Å². The highest BCUT2D eigenvalue weighted by Crippen LogP contribution is 2.36. The van der Waals surface area contributed by atoms with Crippen LogP contribution in [-0.2, 0) is 4.79 Å². The van der Waals surface area contributed by atoms with Gasteiger partial charge in [-0.2, -0.15) is 5.26 Å². The molecule has 1 aliphatic rings. The molecule has 0 spiro atoms. The third kappa shape index (κ3) is 2.47. The number of hydrogen-bond acceptors (Lipinski definition) is 5. The minimum absolute atomic E-state index is 0.00710. The van der Waals surface area contributed by atoms with Gasteiger partial charge in [-0.15, -0.1) is 11.3 Å². The van der Waals surface area contributed by atoms with E-state index in [4.69, 9.17) is 10.2 Å². The first-order valence-corrected chi connectivity index (χ1v) is 8.77. The molecule has 1 aliphatic heterocycles. The van der Waals surface area contributed by atoms with Crippen LogP contribution in [0.3, 0.4) is 0 Å². The second-order valence-corrected chi connectivity index (χ2v) is 6.99. The molecule has 1 saturated heterocycles. The molecule has 1 fully saturated rings. The van der Waals surface area contributed by atoms with Gasteiger partial charge in [0, 0.05) is 41.5 Å². The van der Waals surface area contributed by atoms with Crippen molar-refractivity contribution in [2.75, 3.05) is 18.0 Å². The van der Waals surface area contributed by atoms with E-state index < -0.39 is 0 Å². The molecule has 1 atom stereocenters. The number of benzene rings is 1. The summed E-state index contributed by atoms with van der Waals surface area (Å²) in [4.78, 5) is 18.4. The summed E-state index contributed by atoms with van der Waals surface area (Å²) >= 11 is 1.70. The lowest BCUT2D eigenvalue weighted by molar-refractivity contribution is -0.119. The van der Waals surface area contributed by atoms with E-state index in [1.807, 2.05) is 18.2 Å². The molecule has 4 rings (SSSR count). The van der Waals surface area contributed by atoms with Crippen molar-refractivity contribution >= 4 is 44.1 Å². The van der Waals surface area contributed by atoms with Gasteiger partial charge in [-0.1, -0.05) is 6.07 Å². The molecule has 0 saturated carbocycles. The van der Waals surface area contributed by atoms with Crippen molar-refractivity contribution in [1.29, 1.82) is 5.26 Å². The summed E-state index contributed by atoms with van der Waals surface area (Å²) in [6, 6.07) is 10.1. The minimum atomic E-state index is 0.00710. The van der Waals surface area contributed by atoms with Crippen LogP contribution in [0.25, 0.3) is 21.0 Å². The Morgan fingerprint density at radius 3 is 3.08 bits per heavy atom. The van der Waals surface area contributed by atoms with Crippen LogP contribution in [0.2, 0.25) is 0 Å². The summed E-state index contributed by atoms with van der Waals surface area (Å²) in [5, 5.41) is 16.4. The van der Waals surface area contributed by atoms with Gasteiger partial charge in [0.1, 0.15) is 5.82 Å². The first-order valence-electron chi connectivity index (χ1n) is 7.89. The average Bonchev–Trinajstić information content (AvgIpc) is 3.22. The molecule has 0 radical (unpaired) electrons. The summed E-state index contributed by atoms with van der Waals surface area (Å²) in [6.45, 7) is 3.19. The summed E-state index contributed by atoms with van der Waals surface area (Å²) in [6.07, 6.45) is 0.920. The fraction of sp³-hybridized carbons (Fsp3) is 0.278. The summed E-state index contributed by atoms with van der Waals surface area (Å²) in [7, 11) is 0. The molecule has 6 heteroatoms. The molecular weight excluding hydrogens is 320 g/mol. The Labute approximate surface area is 143 Å². The number of hydrogen-bond donors (Lipinski definition) is 1. The molecular formula is C18H16N4OS. The molecule has 1 amide bonds. The number of anilines is 1. The van der Waals surface area contributed by atoms with E-state index >= 15 is 0 Å². The molecule has 5 nitrogen and oxygen atoms in total. The Morgan fingerprint density at radius 2 is 2.29 bits per heavy atom. The Hall–Kier alpha value is -2.65. The van der Waals surface area contributed by atoms with E-state index in [1.54, 1.807) is 18.3 Å². The molecule has 24 heavy (non-hydrogen) atoms. The SMILES string of the molecule is CC(=O)NC1CCN(c2nc3cc(C#N)ccc3c3sccc23)C1. The van der Waals surface area contributed by atoms with Gasteiger partial charge < -0.3 is 10.2 Å². The largest absolute Gasteiger partial charge is 0.354 e. The van der Waals surface area contributed by atoms with Crippen molar-refractivity contribution in [1.82, 2.24) is 10.3 Å². The van der Waals surface area contributed by atoms with Crippen molar-refractivity contribution in [2.24, 2.45) is 0 Å². The number of thiophene rings is 1. The van der Waals surface area contributed by atoms with Gasteiger partial charge in [-0.25, -0.2) is 4.98 Å². The maximum atomic E-state index is 11.3. The zero-order valence-corrected chi connectivity index (χ0v) is 14.1. The fourth-order valence-corrected chi connectivity index (χ4v) is 4.28. The molecule has 120 valence electrons. The van der Waals surface area contributed by atoms with Crippen LogP contribution in [0, 0.1) is 11.3 Å². The Balaban J connectivity index is 1.81. The highest BCUT2D eigenvalue weighted by molar-refractivity contribution is 7.18. The van der Waals surface area contributed by atoms with E-state index in [-0.39, 0.29) is 11.9 Å². The van der Waals surface area contributed by atoms with Crippen LogP contribution in [0.5, 0.6) is 0 Å². The van der Waals surface area contributed by atoms with Gasteiger partial charge >= 0.3 is 0 Å². The maximum Gasteiger partial charge on any atom is 0.217 e. The van der Waals surface area contributed by atoms with Crippen molar-refractivity contribution in [3.05, 3.63) is 35.2 Å². The van der Waals surface area contributed by atoms with Gasteiger partial charge in [-0.3, -0.25) is 4.79 Å². The summed E-state index contributed by atoms with van der Waals surface area (Å²) < 4.78 is 1.20. The zero-order chi connectivity index (χ0) is 16.7. The quantitative estimate of drug-likeness (QED) is 0.781. The predicted octanol–water partition coefficient (Wildman–Crippen LogP) is 3.04. The minimum Gasteiger partial charge on any atom is -0.354 e. The Morgan fingerprint density at radius 1 is 1.42 bits per heavy atom. The first-order chi connectivity index (χ1) is 11.7. The molecule has 3 heterocycles. The topological polar surface area (TPSA) is 69.0 Å². The molecule has 1 unspecified atom stereocenters. The number of fused-ring (bicyclic) bond motifs is 3. The van der Waals surface area contributed by atoms with E-state index in [0.717, 1.165) is 41.6 Å². The number of nitrogens with zero attached hydrogens (tertiary/aromatic N) is 3. The third-order valence-electron chi connectivity index (χ3n) is 4.40. The van der Waals surface area contributed by atoms with Crippen molar-refractivity contribution in [3.63, 3.8) is 0 Å². The Kier molecular flexibility index (Phi) is 3.58. The van der Waals surface area contributed by atoms with Crippen LogP contribution in [0.1, 0.15) is 18.9 Å². The summed E-state index contributed by atoms with van der Waals surface area (Å²) in [5.74, 6) is 0.953. The fourth-order valence-electron chi connectivity index (χ4n) is 3.35. The van der Waals surface area contributed by atoms with Crippen LogP contribution in [0.4, 0.5) is 5.82 Å². The Bertz CT molecular complexity index is 988. The molecule has 1 aromatic carbocycles. The van der Waals surface area contributed by atoms with Gasteiger partial charge in [0.2, 0.25) is 5.91 Å². The van der Waals surface area contributed by atoms with Crippen molar-refractivity contribution in [3.8, 4) is 6.07 Å². The van der Waals surface area contributed by atoms with E-state index in [0.29, 0.717) is 5.56 Å². The van der Waals surface area contributed by atoms with Crippen LogP contribution in [-0.4, -0.2) is 30.0 Å². The van der Waals surface area contributed by atoms with Crippen LogP contribution >= 0.6 is 11.3 Å². The van der Waals surface area contributed by atoms with Crippen molar-refractivity contribution < 1.29 is 4.79 Å². The number of carbonyl (C=O) groups is 1. The zero-order valence-electron chi connectivity index (χ0n) is 13.2. The second-order valence-electron chi connectivity index (χ2n) is 6.07. The molecule has 2 aromatic heterocycles. The number of nitriles is 1. The average molecular weight is 336 g/mol. The standard InChI is InChI=1S/C18H16N4OS/c1-11(23)20-13-4-6-22(10-13)18-15-5-7-24-17(15)14-3-2-12(9-19)8-16(14)21-18/h2-3,5,7-8,13H,4,6,10H2,1H3,(H,20,23). The normalized spacial score (nSPS) is 17.3. The first kappa shape index (κ1) is 14.9. The predicted molar refractivity (Wildman–Crippen MR) is 96.3 cm³/mol. The molecule has 1 N–H and O–H groups in total. The number of aromatic nitrogens is 1. The third-order valence-corrected chi connectivity index (χ3v) is 5.35.